The Balaban J connectivity index is 1.50. The fraction of sp³-hybridized carbons (Fsp3) is 0.320. The van der Waals surface area contributed by atoms with Crippen LogP contribution in [-0.2, 0) is 4.74 Å². The van der Waals surface area contributed by atoms with Crippen molar-refractivity contribution in [2.24, 2.45) is 0 Å². The summed E-state index contributed by atoms with van der Waals surface area (Å²) < 4.78 is 21.8. The predicted molar refractivity (Wildman–Crippen MR) is 124 cm³/mol. The van der Waals surface area contributed by atoms with Crippen molar-refractivity contribution in [3.63, 3.8) is 0 Å². The van der Waals surface area contributed by atoms with E-state index in [0.717, 1.165) is 16.7 Å². The zero-order valence-electron chi connectivity index (χ0n) is 18.1. The summed E-state index contributed by atoms with van der Waals surface area (Å²) in [7, 11) is 0.103. The van der Waals surface area contributed by atoms with E-state index >= 15 is 0 Å². The van der Waals surface area contributed by atoms with E-state index in [-0.39, 0.29) is 34.5 Å². The molecule has 1 aliphatic rings. The van der Waals surface area contributed by atoms with Crippen LogP contribution < -0.4 is 5.45 Å². The van der Waals surface area contributed by atoms with Gasteiger partial charge in [-0.2, -0.15) is 0 Å². The van der Waals surface area contributed by atoms with Crippen LogP contribution in [0, 0.1) is 17.7 Å². The molecule has 0 amide bonds. The highest BCUT2D eigenvalue weighted by Gasteiger charge is 2.28. The summed E-state index contributed by atoms with van der Waals surface area (Å²) in [6.45, 7) is 2.18. The second-order valence-corrected chi connectivity index (χ2v) is 9.55. The Morgan fingerprint density at radius 1 is 1.24 bits per heavy atom. The quantitative estimate of drug-likeness (QED) is 0.379. The van der Waals surface area contributed by atoms with E-state index in [1.165, 1.54) is 6.07 Å². The summed E-state index contributed by atoms with van der Waals surface area (Å²) in [6.07, 6.45) is 2.76. The summed E-state index contributed by atoms with van der Waals surface area (Å²) in [4.78, 5) is 4.25. The van der Waals surface area contributed by atoms with Gasteiger partial charge >= 0.3 is 0 Å². The molecule has 3 N–H and O–H groups in total. The Kier molecular flexibility index (Phi) is 7.38. The molecule has 0 bridgehead atoms. The molecule has 0 spiro atoms. The van der Waals surface area contributed by atoms with Crippen molar-refractivity contribution in [2.45, 2.75) is 30.7 Å². The predicted octanol–water partition coefficient (Wildman–Crippen LogP) is 1.42. The van der Waals surface area contributed by atoms with Crippen LogP contribution in [-0.4, -0.2) is 66.0 Å². The molecule has 4 atom stereocenters. The third-order valence-corrected chi connectivity index (χ3v) is 6.63. The lowest BCUT2D eigenvalue weighted by atomic mass is 9.93. The van der Waals surface area contributed by atoms with Gasteiger partial charge in [0.05, 0.1) is 31.4 Å². The number of ether oxygens (including phenoxy) is 1. The van der Waals surface area contributed by atoms with Crippen LogP contribution in [0.4, 0.5) is 4.39 Å². The molecule has 170 valence electrons. The van der Waals surface area contributed by atoms with Gasteiger partial charge in [0, 0.05) is 35.2 Å². The Morgan fingerprint density at radius 3 is 2.67 bits per heavy atom. The standard InChI is InChI=1S/C25H25FN2O4Si/c1-16(30)33-25-27-10-11-28(25)20(13-29)8-4-17-2-5-18(6-3-17)21-9-7-19(12-23(21)26)22-14-32-15-24(22)31/h2-3,5-7,9-12,16,20,22,24,29-31H,13-15H2,1H3/t16?,20-,22-,24+/m0/s1. The Bertz CT molecular complexity index is 1150. The zero-order chi connectivity index (χ0) is 23.4. The van der Waals surface area contributed by atoms with E-state index in [1.807, 2.05) is 18.2 Å². The molecule has 6 nitrogen and oxygen atoms in total. The normalized spacial score (nSPS) is 19.7. The van der Waals surface area contributed by atoms with Crippen molar-refractivity contribution in [3.8, 4) is 23.0 Å². The molecule has 0 saturated carbocycles. The van der Waals surface area contributed by atoms with E-state index in [1.54, 1.807) is 42.1 Å². The van der Waals surface area contributed by atoms with Gasteiger partial charge < -0.3 is 24.6 Å². The molecular formula is C25H25FN2O4Si. The zero-order valence-corrected chi connectivity index (χ0v) is 19.1. The maximum atomic E-state index is 14.8. The second-order valence-electron chi connectivity index (χ2n) is 7.97. The molecule has 4 rings (SSSR count). The number of aromatic nitrogens is 2. The highest BCUT2D eigenvalue weighted by Crippen LogP contribution is 2.30. The van der Waals surface area contributed by atoms with Crippen molar-refractivity contribution >= 4 is 15.0 Å². The van der Waals surface area contributed by atoms with Crippen LogP contribution in [0.1, 0.15) is 30.0 Å². The van der Waals surface area contributed by atoms with Crippen LogP contribution in [0.15, 0.2) is 54.9 Å². The van der Waals surface area contributed by atoms with Crippen LogP contribution in [0.5, 0.6) is 0 Å². The van der Waals surface area contributed by atoms with E-state index in [0.29, 0.717) is 17.6 Å². The Morgan fingerprint density at radius 2 is 2.03 bits per heavy atom. The molecule has 0 aliphatic carbocycles. The van der Waals surface area contributed by atoms with Gasteiger partial charge in [-0.1, -0.05) is 36.1 Å². The Labute approximate surface area is 194 Å². The number of rotatable bonds is 6. The van der Waals surface area contributed by atoms with Crippen LogP contribution in [0.25, 0.3) is 11.1 Å². The first kappa shape index (κ1) is 23.4. The minimum atomic E-state index is -0.609. The number of aliphatic hydroxyl groups excluding tert-OH is 3. The van der Waals surface area contributed by atoms with E-state index in [4.69, 9.17) is 4.74 Å². The molecule has 8 heteroatoms. The lowest BCUT2D eigenvalue weighted by Gasteiger charge is -2.14. The fourth-order valence-electron chi connectivity index (χ4n) is 3.82. The minimum Gasteiger partial charge on any atom is -0.397 e. The van der Waals surface area contributed by atoms with Gasteiger partial charge in [0.1, 0.15) is 11.9 Å². The molecule has 1 aliphatic heterocycles. The van der Waals surface area contributed by atoms with Crippen molar-refractivity contribution in [1.29, 1.82) is 0 Å². The number of hydrogen-bond donors (Lipinski definition) is 3. The number of benzene rings is 2. The van der Waals surface area contributed by atoms with Gasteiger partial charge in [0.15, 0.2) is 9.52 Å². The second kappa shape index (κ2) is 10.4. The minimum absolute atomic E-state index is 0.103. The average molecular weight is 465 g/mol. The van der Waals surface area contributed by atoms with Crippen molar-refractivity contribution in [1.82, 2.24) is 9.55 Å². The van der Waals surface area contributed by atoms with Crippen molar-refractivity contribution in [2.75, 3.05) is 19.8 Å². The SMILES string of the molecule is CC(O)[Si]c1nccn1[C@@H](C#Cc1ccc(-c2ccc([C@@H]3COC[C@H]3O)cc2F)cc1)CO. The molecule has 1 fully saturated rings. The van der Waals surface area contributed by atoms with Gasteiger partial charge in [0.2, 0.25) is 0 Å². The van der Waals surface area contributed by atoms with Crippen LogP contribution in [0.2, 0.25) is 0 Å². The van der Waals surface area contributed by atoms with Gasteiger partial charge in [-0.15, -0.1) is 0 Å². The Hall–Kier alpha value is -2.80. The van der Waals surface area contributed by atoms with Gasteiger partial charge in [-0.3, -0.25) is 0 Å². The third-order valence-electron chi connectivity index (χ3n) is 5.57. The number of hydrogen-bond acceptors (Lipinski definition) is 5. The number of aliphatic hydroxyl groups is 3. The molecule has 2 heterocycles. The monoisotopic (exact) mass is 464 g/mol. The molecule has 1 unspecified atom stereocenters. The summed E-state index contributed by atoms with van der Waals surface area (Å²) in [5.74, 6) is 5.55. The molecular weight excluding hydrogens is 439 g/mol. The smallest absolute Gasteiger partial charge is 0.168 e. The summed E-state index contributed by atoms with van der Waals surface area (Å²) in [5.41, 5.74) is 2.83. The largest absolute Gasteiger partial charge is 0.397 e. The molecule has 2 radical (unpaired) electrons. The molecule has 3 aromatic rings. The van der Waals surface area contributed by atoms with Gasteiger partial charge in [-0.05, 0) is 36.2 Å². The van der Waals surface area contributed by atoms with E-state index < -0.39 is 17.9 Å². The highest BCUT2D eigenvalue weighted by atomic mass is 28.2. The summed E-state index contributed by atoms with van der Waals surface area (Å²) >= 11 is 0. The summed E-state index contributed by atoms with van der Waals surface area (Å²) in [6, 6.07) is 11.8. The van der Waals surface area contributed by atoms with Gasteiger partial charge in [-0.25, -0.2) is 9.37 Å². The molecule has 1 saturated heterocycles. The van der Waals surface area contributed by atoms with Crippen LogP contribution >= 0.6 is 0 Å². The first-order valence-corrected chi connectivity index (χ1v) is 11.8. The first-order valence-electron chi connectivity index (χ1n) is 10.7. The number of imidazole rings is 1. The lowest BCUT2D eigenvalue weighted by molar-refractivity contribution is 0.124. The third kappa shape index (κ3) is 5.41. The molecule has 33 heavy (non-hydrogen) atoms. The maximum Gasteiger partial charge on any atom is 0.168 e. The van der Waals surface area contributed by atoms with Gasteiger partial charge in [0.25, 0.3) is 0 Å². The number of halogens is 1. The lowest BCUT2D eigenvalue weighted by Crippen LogP contribution is -2.35. The first-order chi connectivity index (χ1) is 16.0. The van der Waals surface area contributed by atoms with Crippen molar-refractivity contribution in [3.05, 3.63) is 71.8 Å². The number of nitrogens with zero attached hydrogens (tertiary/aromatic N) is 2. The topological polar surface area (TPSA) is 87.7 Å². The highest BCUT2D eigenvalue weighted by molar-refractivity contribution is 6.52. The van der Waals surface area contributed by atoms with E-state index in [9.17, 15) is 19.7 Å². The summed E-state index contributed by atoms with van der Waals surface area (Å²) in [5, 5.41) is 29.4. The van der Waals surface area contributed by atoms with Crippen LogP contribution in [0.3, 0.4) is 0 Å². The molecule has 1 aromatic heterocycles. The maximum absolute atomic E-state index is 14.8. The van der Waals surface area contributed by atoms with E-state index in [2.05, 4.69) is 16.8 Å². The fourth-order valence-corrected chi connectivity index (χ4v) is 4.73. The molecule has 2 aromatic carbocycles. The van der Waals surface area contributed by atoms with Crippen molar-refractivity contribution < 1.29 is 24.4 Å². The average Bonchev–Trinajstić information content (AvgIpc) is 3.43.